The Kier molecular flexibility index (Phi) is 4.92. The van der Waals surface area contributed by atoms with E-state index >= 15 is 0 Å². The number of carbonyl (C=O) groups is 1. The predicted molar refractivity (Wildman–Crippen MR) is 90.0 cm³/mol. The first kappa shape index (κ1) is 16.9. The number of nitrogens with one attached hydrogen (secondary N) is 1. The van der Waals surface area contributed by atoms with Crippen LogP contribution >= 0.6 is 0 Å². The van der Waals surface area contributed by atoms with Gasteiger partial charge in [-0.1, -0.05) is 0 Å². The average Bonchev–Trinajstić information content (AvgIpc) is 3.24. The molecule has 0 aliphatic carbocycles. The number of rotatable bonds is 6. The molecule has 132 valence electrons. The van der Waals surface area contributed by atoms with E-state index in [9.17, 15) is 19.3 Å². The van der Waals surface area contributed by atoms with Crippen LogP contribution in [0, 0.1) is 15.9 Å². The summed E-state index contributed by atoms with van der Waals surface area (Å²) in [5.41, 5.74) is 1.04. The smallest absolute Gasteiger partial charge is 0.306 e. The molecular weight excluding hydrogens is 329 g/mol. The SMILES string of the molecule is O=C(CCn1cc([N+](=O)[O-])cn1)Nc1cc(F)cc(N2CCCC2)c1. The van der Waals surface area contributed by atoms with Crippen molar-refractivity contribution in [3.05, 3.63) is 46.5 Å². The molecule has 0 atom stereocenters. The minimum Gasteiger partial charge on any atom is -0.371 e. The molecule has 0 bridgehead atoms. The Morgan fingerprint density at radius 2 is 2.08 bits per heavy atom. The van der Waals surface area contributed by atoms with E-state index < -0.39 is 10.7 Å². The number of aryl methyl sites for hydroxylation is 1. The zero-order chi connectivity index (χ0) is 17.8. The Morgan fingerprint density at radius 3 is 2.76 bits per heavy atom. The molecule has 1 aromatic carbocycles. The van der Waals surface area contributed by atoms with Crippen LogP contribution in [-0.2, 0) is 11.3 Å². The molecule has 2 heterocycles. The number of nitrogens with zero attached hydrogens (tertiary/aromatic N) is 4. The van der Waals surface area contributed by atoms with Gasteiger partial charge in [0.2, 0.25) is 5.91 Å². The van der Waals surface area contributed by atoms with E-state index in [2.05, 4.69) is 15.3 Å². The number of anilines is 2. The predicted octanol–water partition coefficient (Wildman–Crippen LogP) is 2.56. The minimum atomic E-state index is -0.545. The van der Waals surface area contributed by atoms with Crippen molar-refractivity contribution >= 4 is 23.0 Å². The molecule has 1 aliphatic heterocycles. The summed E-state index contributed by atoms with van der Waals surface area (Å²) < 4.78 is 15.1. The Hall–Kier alpha value is -2.97. The fourth-order valence-electron chi connectivity index (χ4n) is 2.81. The zero-order valence-electron chi connectivity index (χ0n) is 13.5. The van der Waals surface area contributed by atoms with Crippen molar-refractivity contribution < 1.29 is 14.1 Å². The largest absolute Gasteiger partial charge is 0.371 e. The third-order valence-corrected chi connectivity index (χ3v) is 4.04. The molecule has 0 saturated carbocycles. The van der Waals surface area contributed by atoms with Crippen molar-refractivity contribution in [3.8, 4) is 0 Å². The number of hydrogen-bond acceptors (Lipinski definition) is 5. The highest BCUT2D eigenvalue weighted by atomic mass is 19.1. The summed E-state index contributed by atoms with van der Waals surface area (Å²) in [5, 5.41) is 17.1. The van der Waals surface area contributed by atoms with E-state index in [-0.39, 0.29) is 24.6 Å². The third kappa shape index (κ3) is 4.31. The molecule has 1 aliphatic rings. The van der Waals surface area contributed by atoms with Gasteiger partial charge in [-0.2, -0.15) is 5.10 Å². The molecule has 25 heavy (non-hydrogen) atoms. The van der Waals surface area contributed by atoms with Crippen molar-refractivity contribution in [1.29, 1.82) is 0 Å². The van der Waals surface area contributed by atoms with Crippen LogP contribution in [0.15, 0.2) is 30.6 Å². The Balaban J connectivity index is 1.59. The second-order valence-electron chi connectivity index (χ2n) is 5.91. The normalized spacial score (nSPS) is 13.9. The van der Waals surface area contributed by atoms with Gasteiger partial charge in [0.05, 0.1) is 4.92 Å². The number of hydrogen-bond donors (Lipinski definition) is 1. The molecule has 0 spiro atoms. The molecule has 2 aromatic rings. The van der Waals surface area contributed by atoms with Crippen LogP contribution < -0.4 is 10.2 Å². The maximum atomic E-state index is 13.8. The summed E-state index contributed by atoms with van der Waals surface area (Å²) in [6.07, 6.45) is 4.63. The van der Waals surface area contributed by atoms with Crippen molar-refractivity contribution in [2.24, 2.45) is 0 Å². The van der Waals surface area contributed by atoms with Crippen molar-refractivity contribution in [2.45, 2.75) is 25.8 Å². The van der Waals surface area contributed by atoms with Crippen LogP contribution in [0.25, 0.3) is 0 Å². The summed E-state index contributed by atoms with van der Waals surface area (Å²) in [6, 6.07) is 4.49. The van der Waals surface area contributed by atoms with Gasteiger partial charge in [-0.15, -0.1) is 0 Å². The highest BCUT2D eigenvalue weighted by molar-refractivity contribution is 5.91. The maximum Gasteiger partial charge on any atom is 0.306 e. The second kappa shape index (κ2) is 7.29. The lowest BCUT2D eigenvalue weighted by atomic mass is 10.2. The van der Waals surface area contributed by atoms with Gasteiger partial charge in [-0.3, -0.25) is 19.6 Å². The molecular formula is C16H18FN5O3. The van der Waals surface area contributed by atoms with Gasteiger partial charge in [-0.05, 0) is 31.0 Å². The Bertz CT molecular complexity index is 786. The molecule has 8 nitrogen and oxygen atoms in total. The van der Waals surface area contributed by atoms with Gasteiger partial charge in [-0.25, -0.2) is 4.39 Å². The van der Waals surface area contributed by atoms with Crippen LogP contribution in [0.1, 0.15) is 19.3 Å². The molecule has 1 fully saturated rings. The van der Waals surface area contributed by atoms with Gasteiger partial charge in [0.1, 0.15) is 18.2 Å². The molecule has 1 saturated heterocycles. The number of halogens is 1. The van der Waals surface area contributed by atoms with Crippen LogP contribution in [0.3, 0.4) is 0 Å². The van der Waals surface area contributed by atoms with E-state index in [0.717, 1.165) is 37.8 Å². The molecule has 3 rings (SSSR count). The fraction of sp³-hybridized carbons (Fsp3) is 0.375. The first-order valence-corrected chi connectivity index (χ1v) is 8.03. The summed E-state index contributed by atoms with van der Waals surface area (Å²) in [4.78, 5) is 24.2. The van der Waals surface area contributed by atoms with Crippen LogP contribution in [0.5, 0.6) is 0 Å². The number of aromatic nitrogens is 2. The lowest BCUT2D eigenvalue weighted by Gasteiger charge is -2.18. The quantitative estimate of drug-likeness (QED) is 0.640. The number of nitro groups is 1. The maximum absolute atomic E-state index is 13.8. The van der Waals surface area contributed by atoms with Gasteiger partial charge in [0.15, 0.2) is 0 Å². The van der Waals surface area contributed by atoms with E-state index in [0.29, 0.717) is 5.69 Å². The summed E-state index contributed by atoms with van der Waals surface area (Å²) in [7, 11) is 0. The zero-order valence-corrected chi connectivity index (χ0v) is 13.5. The van der Waals surface area contributed by atoms with Crippen LogP contribution in [0.2, 0.25) is 0 Å². The van der Waals surface area contributed by atoms with Crippen molar-refractivity contribution in [3.63, 3.8) is 0 Å². The van der Waals surface area contributed by atoms with E-state index in [1.54, 1.807) is 6.07 Å². The summed E-state index contributed by atoms with van der Waals surface area (Å²) in [6.45, 7) is 1.97. The number of benzene rings is 1. The van der Waals surface area contributed by atoms with E-state index in [1.807, 2.05) is 0 Å². The van der Waals surface area contributed by atoms with Crippen molar-refractivity contribution in [2.75, 3.05) is 23.3 Å². The molecule has 1 aromatic heterocycles. The van der Waals surface area contributed by atoms with E-state index in [4.69, 9.17) is 0 Å². The van der Waals surface area contributed by atoms with Gasteiger partial charge >= 0.3 is 5.69 Å². The molecule has 1 N–H and O–H groups in total. The monoisotopic (exact) mass is 347 g/mol. The first-order valence-electron chi connectivity index (χ1n) is 8.03. The van der Waals surface area contributed by atoms with Crippen molar-refractivity contribution in [1.82, 2.24) is 9.78 Å². The Labute approximate surface area is 143 Å². The van der Waals surface area contributed by atoms with Gasteiger partial charge in [0.25, 0.3) is 0 Å². The summed E-state index contributed by atoms with van der Waals surface area (Å²) >= 11 is 0. The summed E-state index contributed by atoms with van der Waals surface area (Å²) in [5.74, 6) is -0.710. The molecule has 9 heteroatoms. The molecule has 1 amide bonds. The average molecular weight is 347 g/mol. The highest BCUT2D eigenvalue weighted by Crippen LogP contribution is 2.25. The topological polar surface area (TPSA) is 93.3 Å². The fourth-order valence-corrected chi connectivity index (χ4v) is 2.81. The lowest BCUT2D eigenvalue weighted by molar-refractivity contribution is -0.385. The molecule has 0 radical (unpaired) electrons. The third-order valence-electron chi connectivity index (χ3n) is 4.04. The first-order chi connectivity index (χ1) is 12.0. The van der Waals surface area contributed by atoms with Gasteiger partial charge < -0.3 is 10.2 Å². The van der Waals surface area contributed by atoms with E-state index in [1.165, 1.54) is 23.0 Å². The molecule has 0 unspecified atom stereocenters. The second-order valence-corrected chi connectivity index (χ2v) is 5.91. The Morgan fingerprint density at radius 1 is 1.32 bits per heavy atom. The number of amides is 1. The standard InChI is InChI=1S/C16H18FN5O3/c17-12-7-13(9-14(8-12)20-4-1-2-5-20)19-16(23)3-6-21-11-15(10-18-21)22(24)25/h7-11H,1-6H2,(H,19,23). The number of carbonyl (C=O) groups excluding carboxylic acids is 1. The lowest BCUT2D eigenvalue weighted by Crippen LogP contribution is -2.19. The van der Waals surface area contributed by atoms with Crippen LogP contribution in [0.4, 0.5) is 21.5 Å². The van der Waals surface area contributed by atoms with Gasteiger partial charge in [0, 0.05) is 37.4 Å². The minimum absolute atomic E-state index is 0.0778. The highest BCUT2D eigenvalue weighted by Gasteiger charge is 2.15. The van der Waals surface area contributed by atoms with Crippen LogP contribution in [-0.4, -0.2) is 33.7 Å².